The molecule has 0 unspecified atom stereocenters. The van der Waals surface area contributed by atoms with Crippen molar-refractivity contribution in [1.82, 2.24) is 4.98 Å². The average molecular weight is 220 g/mol. The maximum atomic E-state index is 5.21. The Morgan fingerprint density at radius 3 is 2.93 bits per heavy atom. The van der Waals surface area contributed by atoms with E-state index in [0.717, 1.165) is 16.5 Å². The maximum absolute atomic E-state index is 5.21. The lowest BCUT2D eigenvalue weighted by molar-refractivity contribution is 0.518. The fourth-order valence-electron chi connectivity index (χ4n) is 1.21. The largest absolute Gasteiger partial charge is 0.467 e. The van der Waals surface area contributed by atoms with Gasteiger partial charge in [0.15, 0.2) is 0 Å². The molecule has 0 radical (unpaired) electrons. The zero-order chi connectivity index (χ0) is 10.5. The van der Waals surface area contributed by atoms with Crippen molar-refractivity contribution in [2.45, 2.75) is 11.6 Å². The molecule has 2 heterocycles. The number of nitrogens with zero attached hydrogens (tertiary/aromatic N) is 1. The second-order valence-corrected chi connectivity index (χ2v) is 3.85. The van der Waals surface area contributed by atoms with Crippen molar-refractivity contribution in [2.75, 3.05) is 11.6 Å². The molecular weight excluding hydrogens is 208 g/mol. The number of thioether (sulfide) groups is 1. The molecule has 1 N–H and O–H groups in total. The zero-order valence-electron chi connectivity index (χ0n) is 8.43. The van der Waals surface area contributed by atoms with Crippen LogP contribution in [0.3, 0.4) is 0 Å². The van der Waals surface area contributed by atoms with Crippen LogP contribution < -0.4 is 5.32 Å². The molecule has 0 aliphatic rings. The number of nitrogens with one attached hydrogen (secondary N) is 1. The fraction of sp³-hybridized carbons (Fsp3) is 0.182. The minimum atomic E-state index is 0.688. The van der Waals surface area contributed by atoms with Crippen LogP contribution in [-0.4, -0.2) is 11.2 Å². The van der Waals surface area contributed by atoms with Gasteiger partial charge in [0.1, 0.15) is 5.76 Å². The molecule has 0 bridgehead atoms. The molecule has 4 heteroatoms. The van der Waals surface area contributed by atoms with Crippen LogP contribution in [0.15, 0.2) is 46.2 Å². The van der Waals surface area contributed by atoms with E-state index < -0.39 is 0 Å². The van der Waals surface area contributed by atoms with Gasteiger partial charge >= 0.3 is 0 Å². The molecule has 0 saturated carbocycles. The van der Waals surface area contributed by atoms with Crippen LogP contribution in [0.25, 0.3) is 0 Å². The molecule has 0 fully saturated rings. The van der Waals surface area contributed by atoms with Crippen LogP contribution in [0, 0.1) is 0 Å². The summed E-state index contributed by atoms with van der Waals surface area (Å²) in [5.41, 5.74) is 1.00. The number of rotatable bonds is 4. The van der Waals surface area contributed by atoms with Crippen molar-refractivity contribution < 1.29 is 4.42 Å². The molecule has 2 aromatic rings. The van der Waals surface area contributed by atoms with Crippen molar-refractivity contribution in [2.24, 2.45) is 0 Å². The first-order valence-electron chi connectivity index (χ1n) is 4.65. The highest BCUT2D eigenvalue weighted by Crippen LogP contribution is 2.14. The minimum absolute atomic E-state index is 0.688. The second-order valence-electron chi connectivity index (χ2n) is 3.02. The monoisotopic (exact) mass is 220 g/mol. The fourth-order valence-corrected chi connectivity index (χ4v) is 1.57. The summed E-state index contributed by atoms with van der Waals surface area (Å²) in [5.74, 6) is 0.920. The van der Waals surface area contributed by atoms with Crippen molar-refractivity contribution in [1.29, 1.82) is 0 Å². The number of furan rings is 1. The molecule has 2 rings (SSSR count). The van der Waals surface area contributed by atoms with E-state index in [2.05, 4.69) is 10.3 Å². The van der Waals surface area contributed by atoms with E-state index in [4.69, 9.17) is 4.42 Å². The quantitative estimate of drug-likeness (QED) is 0.804. The van der Waals surface area contributed by atoms with Gasteiger partial charge < -0.3 is 9.73 Å². The Bertz CT molecular complexity index is 397. The summed E-state index contributed by atoms with van der Waals surface area (Å²) in [6, 6.07) is 7.83. The van der Waals surface area contributed by atoms with Gasteiger partial charge in [0.2, 0.25) is 0 Å². The topological polar surface area (TPSA) is 38.1 Å². The lowest BCUT2D eigenvalue weighted by atomic mass is 10.4. The van der Waals surface area contributed by atoms with E-state index in [1.54, 1.807) is 18.0 Å². The summed E-state index contributed by atoms with van der Waals surface area (Å²) < 4.78 is 5.21. The summed E-state index contributed by atoms with van der Waals surface area (Å²) in [6.45, 7) is 0.688. The standard InChI is InChI=1S/C11H12N2OS/c1-15-11-5-4-9(7-13-11)12-8-10-3-2-6-14-10/h2-7,12H,8H2,1H3. The van der Waals surface area contributed by atoms with Gasteiger partial charge in [-0.25, -0.2) is 4.98 Å². The average Bonchev–Trinajstić information content (AvgIpc) is 2.80. The Labute approximate surface area is 92.9 Å². The summed E-state index contributed by atoms with van der Waals surface area (Å²) in [5, 5.41) is 4.26. The smallest absolute Gasteiger partial charge is 0.122 e. The Morgan fingerprint density at radius 1 is 1.40 bits per heavy atom. The number of pyridine rings is 1. The first-order valence-corrected chi connectivity index (χ1v) is 5.87. The van der Waals surface area contributed by atoms with Gasteiger partial charge in [-0.2, -0.15) is 0 Å². The SMILES string of the molecule is CSc1ccc(NCc2ccco2)cn1. The van der Waals surface area contributed by atoms with Gasteiger partial charge in [-0.15, -0.1) is 11.8 Å². The summed E-state index contributed by atoms with van der Waals surface area (Å²) in [4.78, 5) is 4.27. The summed E-state index contributed by atoms with van der Waals surface area (Å²) in [7, 11) is 0. The van der Waals surface area contributed by atoms with E-state index in [9.17, 15) is 0 Å². The van der Waals surface area contributed by atoms with Crippen molar-refractivity contribution in [3.63, 3.8) is 0 Å². The Kier molecular flexibility index (Phi) is 3.29. The van der Waals surface area contributed by atoms with E-state index in [0.29, 0.717) is 6.54 Å². The molecule has 2 aromatic heterocycles. The highest BCUT2D eigenvalue weighted by molar-refractivity contribution is 7.98. The molecular formula is C11H12N2OS. The lowest BCUT2D eigenvalue weighted by Crippen LogP contribution is -1.98. The van der Waals surface area contributed by atoms with Gasteiger partial charge in [-0.3, -0.25) is 0 Å². The van der Waals surface area contributed by atoms with Crippen molar-refractivity contribution in [3.8, 4) is 0 Å². The Hall–Kier alpha value is -1.42. The number of anilines is 1. The first kappa shape index (κ1) is 10.1. The Morgan fingerprint density at radius 2 is 2.33 bits per heavy atom. The predicted molar refractivity (Wildman–Crippen MR) is 62.1 cm³/mol. The highest BCUT2D eigenvalue weighted by atomic mass is 32.2. The van der Waals surface area contributed by atoms with Gasteiger partial charge in [0, 0.05) is 0 Å². The van der Waals surface area contributed by atoms with Crippen LogP contribution in [0.5, 0.6) is 0 Å². The molecule has 0 spiro atoms. The molecule has 0 aromatic carbocycles. The minimum Gasteiger partial charge on any atom is -0.467 e. The molecule has 0 aliphatic heterocycles. The third-order valence-electron chi connectivity index (χ3n) is 1.99. The van der Waals surface area contributed by atoms with E-state index >= 15 is 0 Å². The number of hydrogen-bond donors (Lipinski definition) is 1. The van der Waals surface area contributed by atoms with Crippen LogP contribution in [0.1, 0.15) is 5.76 Å². The summed E-state index contributed by atoms with van der Waals surface area (Å²) in [6.07, 6.45) is 5.51. The normalized spacial score (nSPS) is 10.2. The van der Waals surface area contributed by atoms with Gasteiger partial charge in [-0.1, -0.05) is 0 Å². The molecule has 0 atom stereocenters. The molecule has 0 saturated heterocycles. The maximum Gasteiger partial charge on any atom is 0.122 e. The molecule has 78 valence electrons. The van der Waals surface area contributed by atoms with Crippen molar-refractivity contribution >= 4 is 17.4 Å². The van der Waals surface area contributed by atoms with Gasteiger partial charge in [0.25, 0.3) is 0 Å². The summed E-state index contributed by atoms with van der Waals surface area (Å²) >= 11 is 1.64. The number of hydrogen-bond acceptors (Lipinski definition) is 4. The Balaban J connectivity index is 1.93. The predicted octanol–water partition coefficient (Wildman–Crippen LogP) is 3.01. The van der Waals surface area contributed by atoms with E-state index in [1.165, 1.54) is 0 Å². The molecule has 0 aliphatic carbocycles. The van der Waals surface area contributed by atoms with E-state index in [1.807, 2.05) is 36.7 Å². The van der Waals surface area contributed by atoms with Gasteiger partial charge in [-0.05, 0) is 30.5 Å². The first-order chi connectivity index (χ1) is 7.38. The molecule has 0 amide bonds. The van der Waals surface area contributed by atoms with Crippen LogP contribution in [-0.2, 0) is 6.54 Å². The molecule has 3 nitrogen and oxygen atoms in total. The zero-order valence-corrected chi connectivity index (χ0v) is 9.25. The second kappa shape index (κ2) is 4.89. The van der Waals surface area contributed by atoms with E-state index in [-0.39, 0.29) is 0 Å². The third-order valence-corrected chi connectivity index (χ3v) is 2.65. The van der Waals surface area contributed by atoms with Crippen molar-refractivity contribution in [3.05, 3.63) is 42.5 Å². The van der Waals surface area contributed by atoms with Crippen LogP contribution in [0.2, 0.25) is 0 Å². The molecule has 15 heavy (non-hydrogen) atoms. The number of aromatic nitrogens is 1. The highest BCUT2D eigenvalue weighted by Gasteiger charge is 1.96. The van der Waals surface area contributed by atoms with Crippen LogP contribution in [0.4, 0.5) is 5.69 Å². The lowest BCUT2D eigenvalue weighted by Gasteiger charge is -2.03. The van der Waals surface area contributed by atoms with Crippen LogP contribution >= 0.6 is 11.8 Å². The van der Waals surface area contributed by atoms with Gasteiger partial charge in [0.05, 0.1) is 29.7 Å². The third kappa shape index (κ3) is 2.76.